The smallest absolute Gasteiger partial charge is 0.267 e. The lowest BCUT2D eigenvalue weighted by Crippen LogP contribution is -2.32. The van der Waals surface area contributed by atoms with E-state index in [0.29, 0.717) is 48.2 Å². The molecule has 0 spiro atoms. The topological polar surface area (TPSA) is 91.4 Å². The van der Waals surface area contributed by atoms with E-state index in [-0.39, 0.29) is 24.1 Å². The monoisotopic (exact) mass is 408 g/mol. The number of carbonyl (C=O) groups excluding carboxylic acids is 3. The molecule has 2 aromatic heterocycles. The third kappa shape index (κ3) is 6.76. The maximum absolute atomic E-state index is 12.0. The number of thiazole rings is 1. The number of rotatable bonds is 10. The predicted molar refractivity (Wildman–Crippen MR) is 108 cm³/mol. The van der Waals surface area contributed by atoms with Gasteiger partial charge in [-0.1, -0.05) is 6.07 Å². The van der Waals surface area contributed by atoms with Crippen LogP contribution in [0, 0.1) is 0 Å². The minimum atomic E-state index is -0.201. The first kappa shape index (κ1) is 21.0. The van der Waals surface area contributed by atoms with Crippen LogP contribution in [0.3, 0.4) is 0 Å². The van der Waals surface area contributed by atoms with E-state index in [1.165, 1.54) is 22.7 Å². The van der Waals surface area contributed by atoms with E-state index >= 15 is 0 Å². The molecule has 0 bridgehead atoms. The van der Waals surface area contributed by atoms with E-state index in [9.17, 15) is 14.4 Å². The highest BCUT2D eigenvalue weighted by Gasteiger charge is 2.12. The first-order valence-corrected chi connectivity index (χ1v) is 10.6. The molecule has 2 rings (SSSR count). The normalized spacial score (nSPS) is 10.4. The van der Waals surface area contributed by atoms with E-state index in [1.54, 1.807) is 16.3 Å². The molecule has 0 aliphatic carbocycles. The third-order valence-corrected chi connectivity index (χ3v) is 5.54. The van der Waals surface area contributed by atoms with Gasteiger partial charge in [0, 0.05) is 31.4 Å². The maximum atomic E-state index is 12.0. The number of thiophene rings is 1. The summed E-state index contributed by atoms with van der Waals surface area (Å²) in [5, 5.41) is 9.60. The van der Waals surface area contributed by atoms with E-state index in [2.05, 4.69) is 15.6 Å². The number of carbonyl (C=O) groups is 3. The maximum Gasteiger partial charge on any atom is 0.267 e. The first-order chi connectivity index (χ1) is 13.0. The Balaban J connectivity index is 1.69. The molecule has 2 heterocycles. The van der Waals surface area contributed by atoms with Gasteiger partial charge in [0.1, 0.15) is 0 Å². The first-order valence-electron chi connectivity index (χ1n) is 8.87. The fraction of sp³-hybridized carbons (Fsp3) is 0.444. The Kier molecular flexibility index (Phi) is 8.41. The molecule has 0 saturated carbocycles. The zero-order chi connectivity index (χ0) is 19.6. The molecule has 0 radical (unpaired) electrons. The molecule has 0 aliphatic heterocycles. The summed E-state index contributed by atoms with van der Waals surface area (Å²) < 4.78 is 0. The Bertz CT molecular complexity index is 755. The summed E-state index contributed by atoms with van der Waals surface area (Å²) in [5.74, 6) is -0.236. The SMILES string of the molecule is CCN(CC)C(=O)CCCNC(=O)Cc1csc(NC(=O)c2cccs2)n1. The van der Waals surface area contributed by atoms with Gasteiger partial charge in [-0.3, -0.25) is 19.7 Å². The number of nitrogens with zero attached hydrogens (tertiary/aromatic N) is 2. The molecule has 146 valence electrons. The summed E-state index contributed by atoms with van der Waals surface area (Å²) in [6, 6.07) is 3.56. The van der Waals surface area contributed by atoms with Crippen molar-refractivity contribution >= 4 is 45.5 Å². The summed E-state index contributed by atoms with van der Waals surface area (Å²) >= 11 is 2.65. The Hall–Kier alpha value is -2.26. The standard InChI is InChI=1S/C18H24N4O3S2/c1-3-22(4-2)16(24)8-5-9-19-15(23)11-13-12-27-18(20-13)21-17(25)14-7-6-10-26-14/h6-7,10,12H,3-5,8-9,11H2,1-2H3,(H,19,23)(H,20,21,25). The summed E-state index contributed by atoms with van der Waals surface area (Å²) in [5.41, 5.74) is 0.609. The van der Waals surface area contributed by atoms with Gasteiger partial charge in [-0.15, -0.1) is 22.7 Å². The molecule has 0 atom stereocenters. The fourth-order valence-electron chi connectivity index (χ4n) is 2.44. The van der Waals surface area contributed by atoms with Crippen LogP contribution in [0.15, 0.2) is 22.9 Å². The second-order valence-electron chi connectivity index (χ2n) is 5.77. The second-order valence-corrected chi connectivity index (χ2v) is 7.58. The summed E-state index contributed by atoms with van der Waals surface area (Å²) in [4.78, 5) is 42.5. The summed E-state index contributed by atoms with van der Waals surface area (Å²) in [7, 11) is 0. The molecule has 0 saturated heterocycles. The van der Waals surface area contributed by atoms with Crippen molar-refractivity contribution < 1.29 is 14.4 Å². The van der Waals surface area contributed by atoms with E-state index in [0.717, 1.165) is 0 Å². The number of aromatic nitrogens is 1. The lowest BCUT2D eigenvalue weighted by molar-refractivity contribution is -0.131. The van der Waals surface area contributed by atoms with Crippen LogP contribution in [0.5, 0.6) is 0 Å². The number of anilines is 1. The molecule has 27 heavy (non-hydrogen) atoms. The van der Waals surface area contributed by atoms with Gasteiger partial charge in [0.2, 0.25) is 11.8 Å². The Morgan fingerprint density at radius 2 is 1.96 bits per heavy atom. The van der Waals surface area contributed by atoms with Crippen molar-refractivity contribution in [1.82, 2.24) is 15.2 Å². The van der Waals surface area contributed by atoms with Gasteiger partial charge in [0.25, 0.3) is 5.91 Å². The average Bonchev–Trinajstić information content (AvgIpc) is 3.32. The molecule has 0 fully saturated rings. The van der Waals surface area contributed by atoms with Gasteiger partial charge in [-0.05, 0) is 31.7 Å². The van der Waals surface area contributed by atoms with Crippen molar-refractivity contribution in [3.05, 3.63) is 33.5 Å². The average molecular weight is 409 g/mol. The van der Waals surface area contributed by atoms with E-state index < -0.39 is 0 Å². The van der Waals surface area contributed by atoms with Gasteiger partial charge in [-0.2, -0.15) is 0 Å². The van der Waals surface area contributed by atoms with Crippen LogP contribution < -0.4 is 10.6 Å². The third-order valence-electron chi connectivity index (χ3n) is 3.86. The Morgan fingerprint density at radius 3 is 2.63 bits per heavy atom. The number of nitrogens with one attached hydrogen (secondary N) is 2. The Morgan fingerprint density at radius 1 is 1.19 bits per heavy atom. The van der Waals surface area contributed by atoms with E-state index in [1.807, 2.05) is 25.3 Å². The lowest BCUT2D eigenvalue weighted by Gasteiger charge is -2.18. The summed E-state index contributed by atoms with van der Waals surface area (Å²) in [6.45, 7) is 5.77. The lowest BCUT2D eigenvalue weighted by atomic mass is 10.2. The molecular formula is C18H24N4O3S2. The molecule has 9 heteroatoms. The van der Waals surface area contributed by atoms with Crippen molar-refractivity contribution in [3.8, 4) is 0 Å². The molecule has 0 aromatic carbocycles. The molecule has 0 aliphatic rings. The predicted octanol–water partition coefficient (Wildman–Crippen LogP) is 2.76. The van der Waals surface area contributed by atoms with Crippen LogP contribution in [0.1, 0.15) is 42.1 Å². The highest BCUT2D eigenvalue weighted by Crippen LogP contribution is 2.18. The van der Waals surface area contributed by atoms with Gasteiger partial charge >= 0.3 is 0 Å². The van der Waals surface area contributed by atoms with E-state index in [4.69, 9.17) is 0 Å². The van der Waals surface area contributed by atoms with Crippen LogP contribution in [-0.2, 0) is 16.0 Å². The molecular weight excluding hydrogens is 384 g/mol. The quantitative estimate of drug-likeness (QED) is 0.592. The molecule has 0 unspecified atom stereocenters. The van der Waals surface area contributed by atoms with Gasteiger partial charge in [0.05, 0.1) is 17.0 Å². The number of hydrogen-bond acceptors (Lipinski definition) is 6. The van der Waals surface area contributed by atoms with Gasteiger partial charge in [0.15, 0.2) is 5.13 Å². The van der Waals surface area contributed by atoms with Crippen molar-refractivity contribution in [3.63, 3.8) is 0 Å². The second kappa shape index (κ2) is 10.8. The molecule has 2 N–H and O–H groups in total. The van der Waals surface area contributed by atoms with Crippen molar-refractivity contribution in [2.75, 3.05) is 25.0 Å². The van der Waals surface area contributed by atoms with Crippen LogP contribution in [-0.4, -0.2) is 47.2 Å². The Labute approximate surface area is 166 Å². The van der Waals surface area contributed by atoms with Crippen LogP contribution >= 0.6 is 22.7 Å². The van der Waals surface area contributed by atoms with Crippen LogP contribution in [0.25, 0.3) is 0 Å². The van der Waals surface area contributed by atoms with Crippen molar-refractivity contribution in [1.29, 1.82) is 0 Å². The zero-order valence-electron chi connectivity index (χ0n) is 15.5. The highest BCUT2D eigenvalue weighted by atomic mass is 32.1. The molecule has 7 nitrogen and oxygen atoms in total. The van der Waals surface area contributed by atoms with Gasteiger partial charge < -0.3 is 10.2 Å². The van der Waals surface area contributed by atoms with Crippen LogP contribution in [0.4, 0.5) is 5.13 Å². The minimum Gasteiger partial charge on any atom is -0.356 e. The number of amides is 3. The highest BCUT2D eigenvalue weighted by molar-refractivity contribution is 7.14. The molecule has 2 aromatic rings. The fourth-order valence-corrected chi connectivity index (χ4v) is 3.77. The van der Waals surface area contributed by atoms with Crippen molar-refractivity contribution in [2.24, 2.45) is 0 Å². The van der Waals surface area contributed by atoms with Gasteiger partial charge in [-0.25, -0.2) is 4.98 Å². The largest absolute Gasteiger partial charge is 0.356 e. The van der Waals surface area contributed by atoms with Crippen molar-refractivity contribution in [2.45, 2.75) is 33.1 Å². The number of hydrogen-bond donors (Lipinski definition) is 2. The summed E-state index contributed by atoms with van der Waals surface area (Å²) in [6.07, 6.45) is 1.19. The van der Waals surface area contributed by atoms with Crippen LogP contribution in [0.2, 0.25) is 0 Å². The molecule has 3 amide bonds. The zero-order valence-corrected chi connectivity index (χ0v) is 17.1. The minimum absolute atomic E-state index is 0.111.